The summed E-state index contributed by atoms with van der Waals surface area (Å²) in [6, 6.07) is 0.0953. The highest BCUT2D eigenvalue weighted by atomic mass is 35.5. The molecule has 2 atom stereocenters. The van der Waals surface area contributed by atoms with Crippen LogP contribution in [-0.2, 0) is 7.05 Å². The Bertz CT molecular complexity index is 248. The molecule has 2 unspecified atom stereocenters. The van der Waals surface area contributed by atoms with E-state index >= 15 is 0 Å². The van der Waals surface area contributed by atoms with Crippen molar-refractivity contribution in [3.05, 3.63) is 16.9 Å². The van der Waals surface area contributed by atoms with Gasteiger partial charge in [0, 0.05) is 19.0 Å². The first kappa shape index (κ1) is 9.55. The molecule has 0 aliphatic heterocycles. The smallest absolute Gasteiger partial charge is 0.0821 e. The van der Waals surface area contributed by atoms with Crippen molar-refractivity contribution >= 4 is 11.6 Å². The quantitative estimate of drug-likeness (QED) is 0.763. The molecule has 1 aromatic heterocycles. The maximum atomic E-state index is 5.95. The summed E-state index contributed by atoms with van der Waals surface area (Å²) in [5, 5.41) is 4.75. The van der Waals surface area contributed by atoms with Crippen LogP contribution in [0, 0.1) is 0 Å². The van der Waals surface area contributed by atoms with Crippen molar-refractivity contribution in [1.82, 2.24) is 9.78 Å². The van der Waals surface area contributed by atoms with Gasteiger partial charge in [-0.3, -0.25) is 4.68 Å². The molecular formula is C8H14ClN3. The monoisotopic (exact) mass is 187 g/mol. The number of aryl methyl sites for hydroxylation is 1. The Morgan fingerprint density at radius 3 is 2.50 bits per heavy atom. The topological polar surface area (TPSA) is 43.8 Å². The van der Waals surface area contributed by atoms with Crippen LogP contribution in [-0.4, -0.2) is 15.8 Å². The fourth-order valence-corrected chi connectivity index (χ4v) is 1.52. The van der Waals surface area contributed by atoms with Gasteiger partial charge in [-0.25, -0.2) is 0 Å². The lowest BCUT2D eigenvalue weighted by Gasteiger charge is -2.16. The lowest BCUT2D eigenvalue weighted by molar-refractivity contribution is 0.559. The summed E-state index contributed by atoms with van der Waals surface area (Å²) in [6.07, 6.45) is 1.65. The Morgan fingerprint density at radius 2 is 2.17 bits per heavy atom. The number of rotatable bonds is 2. The molecule has 0 amide bonds. The highest BCUT2D eigenvalue weighted by molar-refractivity contribution is 6.31. The number of hydrogen-bond acceptors (Lipinski definition) is 2. The summed E-state index contributed by atoms with van der Waals surface area (Å²) < 4.78 is 1.77. The molecule has 68 valence electrons. The van der Waals surface area contributed by atoms with Gasteiger partial charge in [0.2, 0.25) is 0 Å². The highest BCUT2D eigenvalue weighted by Gasteiger charge is 2.17. The summed E-state index contributed by atoms with van der Waals surface area (Å²) in [5.41, 5.74) is 6.77. The molecule has 0 saturated carbocycles. The average molecular weight is 188 g/mol. The van der Waals surface area contributed by atoms with Crippen LogP contribution in [0.3, 0.4) is 0 Å². The van der Waals surface area contributed by atoms with E-state index < -0.39 is 0 Å². The fourth-order valence-electron chi connectivity index (χ4n) is 1.18. The number of aromatic nitrogens is 2. The van der Waals surface area contributed by atoms with Gasteiger partial charge in [-0.1, -0.05) is 18.5 Å². The molecule has 0 aromatic carbocycles. The van der Waals surface area contributed by atoms with E-state index in [4.69, 9.17) is 17.3 Å². The molecule has 12 heavy (non-hydrogen) atoms. The van der Waals surface area contributed by atoms with Gasteiger partial charge in [0.25, 0.3) is 0 Å². The summed E-state index contributed by atoms with van der Waals surface area (Å²) >= 11 is 5.95. The molecule has 0 aliphatic carbocycles. The van der Waals surface area contributed by atoms with Crippen LogP contribution < -0.4 is 5.73 Å². The largest absolute Gasteiger partial charge is 0.327 e. The van der Waals surface area contributed by atoms with Gasteiger partial charge in [-0.15, -0.1) is 0 Å². The maximum Gasteiger partial charge on any atom is 0.0821 e. The third kappa shape index (κ3) is 1.62. The lowest BCUT2D eigenvalue weighted by atomic mass is 10.0. The van der Waals surface area contributed by atoms with E-state index in [-0.39, 0.29) is 12.0 Å². The zero-order chi connectivity index (χ0) is 9.30. The second-order valence-electron chi connectivity index (χ2n) is 3.15. The predicted molar refractivity (Wildman–Crippen MR) is 50.3 cm³/mol. The molecule has 0 fully saturated rings. The van der Waals surface area contributed by atoms with Gasteiger partial charge in [-0.2, -0.15) is 5.10 Å². The van der Waals surface area contributed by atoms with Crippen LogP contribution in [0.5, 0.6) is 0 Å². The summed E-state index contributed by atoms with van der Waals surface area (Å²) in [6.45, 7) is 4.02. The Morgan fingerprint density at radius 1 is 1.58 bits per heavy atom. The maximum absolute atomic E-state index is 5.95. The second kappa shape index (κ2) is 3.46. The molecule has 0 bridgehead atoms. The van der Waals surface area contributed by atoms with Gasteiger partial charge in [0.05, 0.1) is 16.9 Å². The molecule has 0 spiro atoms. The number of nitrogens with two attached hydrogens (primary N) is 1. The van der Waals surface area contributed by atoms with Gasteiger partial charge < -0.3 is 5.73 Å². The van der Waals surface area contributed by atoms with Gasteiger partial charge in [0.1, 0.15) is 0 Å². The van der Waals surface area contributed by atoms with Crippen molar-refractivity contribution in [3.63, 3.8) is 0 Å². The molecule has 0 saturated heterocycles. The summed E-state index contributed by atoms with van der Waals surface area (Å²) in [7, 11) is 1.88. The molecule has 3 nitrogen and oxygen atoms in total. The molecule has 0 radical (unpaired) electrons. The Hall–Kier alpha value is -0.540. The van der Waals surface area contributed by atoms with Crippen LogP contribution in [0.4, 0.5) is 0 Å². The first-order valence-corrected chi connectivity index (χ1v) is 4.34. The number of hydrogen-bond donors (Lipinski definition) is 1. The van der Waals surface area contributed by atoms with E-state index in [9.17, 15) is 0 Å². The zero-order valence-corrected chi connectivity index (χ0v) is 8.34. The van der Waals surface area contributed by atoms with Crippen LogP contribution in [0.1, 0.15) is 25.5 Å². The lowest BCUT2D eigenvalue weighted by Crippen LogP contribution is -2.24. The van der Waals surface area contributed by atoms with Crippen molar-refractivity contribution in [3.8, 4) is 0 Å². The van der Waals surface area contributed by atoms with E-state index in [2.05, 4.69) is 5.10 Å². The Kier molecular flexibility index (Phi) is 2.75. The molecule has 2 N–H and O–H groups in total. The minimum absolute atomic E-state index is 0.0953. The first-order chi connectivity index (χ1) is 5.54. The van der Waals surface area contributed by atoms with Crippen molar-refractivity contribution in [2.24, 2.45) is 12.8 Å². The third-order valence-electron chi connectivity index (χ3n) is 2.16. The average Bonchev–Trinajstić information content (AvgIpc) is 2.30. The summed E-state index contributed by atoms with van der Waals surface area (Å²) in [4.78, 5) is 0. The molecular weight excluding hydrogens is 174 g/mol. The van der Waals surface area contributed by atoms with E-state index in [1.807, 2.05) is 20.9 Å². The SMILES string of the molecule is CC(N)C(C)c1c(Cl)cnn1C. The Balaban J connectivity index is 3.00. The van der Waals surface area contributed by atoms with Crippen molar-refractivity contribution in [2.45, 2.75) is 25.8 Å². The number of nitrogens with zero attached hydrogens (tertiary/aromatic N) is 2. The van der Waals surface area contributed by atoms with Crippen molar-refractivity contribution < 1.29 is 0 Å². The van der Waals surface area contributed by atoms with Gasteiger partial charge in [-0.05, 0) is 6.92 Å². The van der Waals surface area contributed by atoms with E-state index in [1.165, 1.54) is 0 Å². The van der Waals surface area contributed by atoms with Crippen LogP contribution in [0.15, 0.2) is 6.20 Å². The summed E-state index contributed by atoms with van der Waals surface area (Å²) in [5.74, 6) is 0.241. The molecule has 4 heteroatoms. The normalized spacial score (nSPS) is 16.1. The first-order valence-electron chi connectivity index (χ1n) is 3.97. The Labute approximate surface area is 77.5 Å². The third-order valence-corrected chi connectivity index (χ3v) is 2.45. The van der Waals surface area contributed by atoms with E-state index in [0.29, 0.717) is 5.02 Å². The highest BCUT2D eigenvalue weighted by Crippen LogP contribution is 2.24. The van der Waals surface area contributed by atoms with Crippen LogP contribution in [0.2, 0.25) is 5.02 Å². The van der Waals surface area contributed by atoms with Crippen molar-refractivity contribution in [1.29, 1.82) is 0 Å². The van der Waals surface area contributed by atoms with Crippen molar-refractivity contribution in [2.75, 3.05) is 0 Å². The van der Waals surface area contributed by atoms with Gasteiger partial charge >= 0.3 is 0 Å². The second-order valence-corrected chi connectivity index (χ2v) is 3.56. The molecule has 1 rings (SSSR count). The molecule has 0 aliphatic rings. The van der Waals surface area contributed by atoms with Crippen LogP contribution in [0.25, 0.3) is 0 Å². The van der Waals surface area contributed by atoms with Gasteiger partial charge in [0.15, 0.2) is 0 Å². The fraction of sp³-hybridized carbons (Fsp3) is 0.625. The predicted octanol–water partition coefficient (Wildman–Crippen LogP) is 1.52. The molecule has 1 aromatic rings. The standard InChI is InChI=1S/C8H14ClN3/c1-5(6(2)10)8-7(9)4-11-12(8)3/h4-6H,10H2,1-3H3. The molecule has 1 heterocycles. The minimum Gasteiger partial charge on any atom is -0.327 e. The van der Waals surface area contributed by atoms with E-state index in [1.54, 1.807) is 10.9 Å². The number of halogens is 1. The zero-order valence-electron chi connectivity index (χ0n) is 7.58. The van der Waals surface area contributed by atoms with Crippen LogP contribution >= 0.6 is 11.6 Å². The van der Waals surface area contributed by atoms with E-state index in [0.717, 1.165) is 5.69 Å². The minimum atomic E-state index is 0.0953.